The van der Waals surface area contributed by atoms with Gasteiger partial charge in [0.15, 0.2) is 11.0 Å². The fraction of sp³-hybridized carbons (Fsp3) is 0.263. The maximum absolute atomic E-state index is 13.6. The zero-order chi connectivity index (χ0) is 35.5. The number of benzene rings is 2. The molecule has 6 aromatic rings. The molecule has 0 aliphatic heterocycles. The molecule has 0 atom stereocenters. The third-order valence-electron chi connectivity index (χ3n) is 9.17. The average Bonchev–Trinajstić information content (AvgIpc) is 4.08. The maximum Gasteiger partial charge on any atom is 0.338 e. The number of thioether (sulfide) groups is 2. The molecule has 4 aromatic heterocycles. The summed E-state index contributed by atoms with van der Waals surface area (Å²) in [4.78, 5) is 36.4. The van der Waals surface area contributed by atoms with Crippen LogP contribution in [-0.2, 0) is 29.2 Å². The number of hydrogen-bond donors (Lipinski definition) is 2. The molecule has 0 radical (unpaired) electrons. The summed E-state index contributed by atoms with van der Waals surface area (Å²) in [5.41, 5.74) is 3.00. The number of nitrogens with zero attached hydrogens (tertiary/aromatic N) is 8. The van der Waals surface area contributed by atoms with Crippen LogP contribution in [0.2, 0.25) is 0 Å². The van der Waals surface area contributed by atoms with E-state index in [1.807, 2.05) is 106 Å². The largest absolute Gasteiger partial charge is 0.338 e. The number of pyridine rings is 2. The summed E-state index contributed by atoms with van der Waals surface area (Å²) in [6.45, 7) is 3.61. The van der Waals surface area contributed by atoms with Crippen LogP contribution in [0.25, 0.3) is 23.0 Å². The Bertz CT molecular complexity index is 2190. The van der Waals surface area contributed by atoms with Crippen molar-refractivity contribution < 1.29 is 14.2 Å². The van der Waals surface area contributed by atoms with E-state index < -0.39 is 9.49 Å². The molecule has 0 bridgehead atoms. The van der Waals surface area contributed by atoms with Gasteiger partial charge in [-0.15, -0.1) is 14.9 Å². The summed E-state index contributed by atoms with van der Waals surface area (Å²) in [6, 6.07) is 30.6. The Morgan fingerprint density at radius 3 is 1.81 bits per heavy atom. The van der Waals surface area contributed by atoms with Gasteiger partial charge >= 0.3 is 5.16 Å². The first-order valence-corrected chi connectivity index (χ1v) is 19.0. The Morgan fingerprint density at radius 1 is 0.712 bits per heavy atom. The fourth-order valence-corrected chi connectivity index (χ4v) is 8.46. The third kappa shape index (κ3) is 6.95. The zero-order valence-corrected chi connectivity index (χ0v) is 30.2. The van der Waals surface area contributed by atoms with E-state index in [0.717, 1.165) is 53.7 Å². The van der Waals surface area contributed by atoms with Crippen molar-refractivity contribution in [3.8, 4) is 23.0 Å². The summed E-state index contributed by atoms with van der Waals surface area (Å²) in [5, 5.41) is 21.9. The van der Waals surface area contributed by atoms with Gasteiger partial charge in [0.2, 0.25) is 11.8 Å². The van der Waals surface area contributed by atoms with Gasteiger partial charge in [0.1, 0.15) is 27.4 Å². The molecule has 12 nitrogen and oxygen atoms in total. The zero-order valence-electron chi connectivity index (χ0n) is 28.6. The minimum Gasteiger partial charge on any atom is -0.325 e. The van der Waals surface area contributed by atoms with Gasteiger partial charge in [-0.25, -0.2) is 9.55 Å². The lowest BCUT2D eigenvalue weighted by Crippen LogP contribution is -2.38. The van der Waals surface area contributed by atoms with E-state index in [9.17, 15) is 9.59 Å². The Hall–Kier alpha value is -5.34. The quantitative estimate of drug-likeness (QED) is 0.127. The Kier molecular flexibility index (Phi) is 9.32. The first kappa shape index (κ1) is 33.8. The predicted octanol–water partition coefficient (Wildman–Crippen LogP) is 6.13. The van der Waals surface area contributed by atoms with Crippen LogP contribution >= 0.6 is 23.5 Å². The van der Waals surface area contributed by atoms with Crippen molar-refractivity contribution in [2.24, 2.45) is 0 Å². The Labute approximate surface area is 309 Å². The highest BCUT2D eigenvalue weighted by Gasteiger charge is 2.54. The number of aromatic nitrogens is 8. The van der Waals surface area contributed by atoms with Gasteiger partial charge in [-0.1, -0.05) is 60.3 Å². The van der Waals surface area contributed by atoms with E-state index in [0.29, 0.717) is 36.3 Å². The van der Waals surface area contributed by atoms with Crippen molar-refractivity contribution in [1.82, 2.24) is 34.5 Å². The number of hydrogen-bond acceptors (Lipinski definition) is 9. The molecule has 14 heteroatoms. The van der Waals surface area contributed by atoms with Crippen LogP contribution in [0.4, 0.5) is 11.4 Å². The second kappa shape index (κ2) is 14.4. The molecule has 0 unspecified atom stereocenters. The third-order valence-corrected chi connectivity index (χ3v) is 12.1. The van der Waals surface area contributed by atoms with Crippen LogP contribution in [0.1, 0.15) is 32.6 Å². The van der Waals surface area contributed by atoms with E-state index in [1.165, 1.54) is 23.5 Å². The van der Waals surface area contributed by atoms with Gasteiger partial charge in [0, 0.05) is 23.8 Å². The topological polar surface area (TPSA) is 136 Å². The van der Waals surface area contributed by atoms with Crippen LogP contribution < -0.4 is 15.2 Å². The van der Waals surface area contributed by atoms with Crippen LogP contribution in [-0.4, -0.2) is 55.8 Å². The lowest BCUT2D eigenvalue weighted by molar-refractivity contribution is -0.720. The van der Waals surface area contributed by atoms with E-state index in [-0.39, 0.29) is 11.8 Å². The molecule has 4 heterocycles. The minimum atomic E-state index is -0.638. The molecular formula is C38H37N10O2S2+. The normalized spacial score (nSPS) is 15.2. The Balaban J connectivity index is 1.11. The lowest BCUT2D eigenvalue weighted by Gasteiger charge is -2.15. The molecule has 2 amide bonds. The predicted molar refractivity (Wildman–Crippen MR) is 200 cm³/mol. The molecule has 2 aliphatic rings. The van der Waals surface area contributed by atoms with E-state index >= 15 is 0 Å². The molecule has 262 valence electrons. The second-order valence-corrected chi connectivity index (χ2v) is 15.5. The number of para-hydroxylation sites is 2. The molecule has 0 spiro atoms. The second-order valence-electron chi connectivity index (χ2n) is 12.8. The summed E-state index contributed by atoms with van der Waals surface area (Å²) in [6.07, 6.45) is 6.52. The van der Waals surface area contributed by atoms with Gasteiger partial charge in [-0.3, -0.25) is 19.1 Å². The number of anilines is 2. The van der Waals surface area contributed by atoms with Gasteiger partial charge in [-0.05, 0) is 92.9 Å². The van der Waals surface area contributed by atoms with E-state index in [1.54, 1.807) is 12.4 Å². The molecule has 8 rings (SSSR count). The summed E-state index contributed by atoms with van der Waals surface area (Å²) in [7, 11) is 0. The van der Waals surface area contributed by atoms with Crippen molar-refractivity contribution in [1.29, 1.82) is 0 Å². The highest BCUT2D eigenvalue weighted by molar-refractivity contribution is 8.01. The number of aryl methyl sites for hydroxylation is 1. The van der Waals surface area contributed by atoms with E-state index in [4.69, 9.17) is 10.1 Å². The molecule has 0 saturated heterocycles. The van der Waals surface area contributed by atoms with E-state index in [2.05, 4.69) is 37.3 Å². The van der Waals surface area contributed by atoms with Gasteiger partial charge < -0.3 is 10.6 Å². The van der Waals surface area contributed by atoms with Crippen LogP contribution in [0.15, 0.2) is 120 Å². The van der Waals surface area contributed by atoms with Gasteiger partial charge in [0.05, 0.1) is 18.2 Å². The van der Waals surface area contributed by atoms with Crippen molar-refractivity contribution in [2.45, 2.75) is 72.0 Å². The molecule has 52 heavy (non-hydrogen) atoms. The first-order valence-electron chi connectivity index (χ1n) is 17.3. The van der Waals surface area contributed by atoms with Crippen molar-refractivity contribution in [2.75, 3.05) is 10.6 Å². The average molecular weight is 730 g/mol. The maximum atomic E-state index is 13.6. The van der Waals surface area contributed by atoms with Crippen molar-refractivity contribution in [3.63, 3.8) is 0 Å². The van der Waals surface area contributed by atoms with Crippen LogP contribution in [0.5, 0.6) is 0 Å². The first-order chi connectivity index (χ1) is 25.5. The molecule has 2 aromatic carbocycles. The summed E-state index contributed by atoms with van der Waals surface area (Å²) >= 11 is 2.96. The molecule has 2 fully saturated rings. The van der Waals surface area contributed by atoms with Gasteiger partial charge in [0.25, 0.3) is 5.82 Å². The fourth-order valence-electron chi connectivity index (χ4n) is 6.02. The van der Waals surface area contributed by atoms with Crippen molar-refractivity contribution in [3.05, 3.63) is 109 Å². The molecule has 2 N–H and O–H groups in total. The molecular weight excluding hydrogens is 693 g/mol. The molecule has 2 saturated carbocycles. The van der Waals surface area contributed by atoms with Crippen molar-refractivity contribution >= 4 is 46.7 Å². The van der Waals surface area contributed by atoms with Crippen LogP contribution in [0, 0.1) is 0 Å². The van der Waals surface area contributed by atoms with Crippen LogP contribution in [0.3, 0.4) is 0 Å². The SMILES string of the molecule is CC[n+]1c(SC2(C(=O)Nc3ccccc3)CC2)nn(CCn2c(SC3(C(=O)Nc4ccccc4)CC3)nnc2-c2ccccn2)c1-c1ccccn1. The number of carbonyl (C=O) groups is 2. The number of carbonyl (C=O) groups excluding carboxylic acids is 2. The number of nitrogens with one attached hydrogen (secondary N) is 2. The summed E-state index contributed by atoms with van der Waals surface area (Å²) < 4.78 is 4.89. The Morgan fingerprint density at radius 2 is 1.27 bits per heavy atom. The smallest absolute Gasteiger partial charge is 0.325 e. The highest BCUT2D eigenvalue weighted by Crippen LogP contribution is 2.53. The lowest BCUT2D eigenvalue weighted by atomic mass is 10.3. The monoisotopic (exact) mass is 729 g/mol. The van der Waals surface area contributed by atoms with Gasteiger partial charge in [-0.2, -0.15) is 0 Å². The number of rotatable bonds is 14. The number of amides is 2. The summed E-state index contributed by atoms with van der Waals surface area (Å²) in [5.74, 6) is 1.39. The standard InChI is InChI=1S/C38H36N10O2S2/c1-2-46-32(30-18-10-12-24-40-30)48(45-36(46)52-38(21-22-38)34(50)42-28-15-7-4-8-16-28)26-25-47-31(29-17-9-11-23-39-29)43-44-35(47)51-37(19-20-37)33(49)41-27-13-5-3-6-14-27/h3-18,23-24H,2,19-22,25-26H2,1H3,(H-,41,42,49,50)/p+1. The highest BCUT2D eigenvalue weighted by atomic mass is 32.2. The molecule has 2 aliphatic carbocycles. The minimum absolute atomic E-state index is 0.0169.